The van der Waals surface area contributed by atoms with Crippen molar-refractivity contribution in [2.75, 3.05) is 7.11 Å². The molecule has 0 saturated heterocycles. The fourth-order valence-corrected chi connectivity index (χ4v) is 1.03. The van der Waals surface area contributed by atoms with Gasteiger partial charge in [-0.1, -0.05) is 0 Å². The van der Waals surface area contributed by atoms with E-state index in [0.717, 1.165) is 12.1 Å². The zero-order valence-electron chi connectivity index (χ0n) is 7.19. The van der Waals surface area contributed by atoms with E-state index in [2.05, 4.69) is 4.74 Å². The van der Waals surface area contributed by atoms with Crippen LogP contribution in [-0.2, 0) is 0 Å². The summed E-state index contributed by atoms with van der Waals surface area (Å²) in [6, 6.07) is 2.04. The van der Waals surface area contributed by atoms with Crippen molar-refractivity contribution in [2.24, 2.45) is 0 Å². The van der Waals surface area contributed by atoms with Crippen molar-refractivity contribution in [2.45, 2.75) is 0 Å². The van der Waals surface area contributed by atoms with E-state index in [0.29, 0.717) is 0 Å². The number of nitrogens with zero attached hydrogens (tertiary/aromatic N) is 1. The minimum Gasteiger partial charge on any atom is -0.490 e. The zero-order chi connectivity index (χ0) is 10.7. The van der Waals surface area contributed by atoms with E-state index >= 15 is 0 Å². The molecule has 1 aromatic carbocycles. The van der Waals surface area contributed by atoms with Crippen LogP contribution in [0.25, 0.3) is 0 Å². The molecule has 0 N–H and O–H groups in total. The van der Waals surface area contributed by atoms with Gasteiger partial charge >= 0.3 is 5.69 Å². The Kier molecular flexibility index (Phi) is 2.76. The van der Waals surface area contributed by atoms with Gasteiger partial charge in [0.2, 0.25) is 0 Å². The average molecular weight is 199 g/mol. The molecule has 0 bridgehead atoms. The first-order chi connectivity index (χ1) is 6.61. The van der Waals surface area contributed by atoms with Crippen LogP contribution in [0.15, 0.2) is 12.1 Å². The second-order valence-corrected chi connectivity index (χ2v) is 2.39. The summed E-state index contributed by atoms with van der Waals surface area (Å²) < 4.78 is 17.6. The molecule has 0 spiro atoms. The number of methoxy groups -OCH3 is 1. The van der Waals surface area contributed by atoms with Gasteiger partial charge in [-0.15, -0.1) is 0 Å². The Balaban J connectivity index is 3.51. The molecule has 14 heavy (non-hydrogen) atoms. The van der Waals surface area contributed by atoms with Crippen LogP contribution in [0, 0.1) is 15.9 Å². The SMILES string of the molecule is COc1ccc(F)c(C=O)c1[N+](=O)[O-]. The van der Waals surface area contributed by atoms with E-state index in [4.69, 9.17) is 0 Å². The summed E-state index contributed by atoms with van der Waals surface area (Å²) in [5.74, 6) is -1.08. The molecule has 0 unspecified atom stereocenters. The lowest BCUT2D eigenvalue weighted by Gasteiger charge is -2.03. The Morgan fingerprint density at radius 2 is 2.21 bits per heavy atom. The molecule has 6 heteroatoms. The van der Waals surface area contributed by atoms with Crippen molar-refractivity contribution < 1.29 is 18.8 Å². The van der Waals surface area contributed by atoms with E-state index in [1.165, 1.54) is 7.11 Å². The number of nitro benzene ring substituents is 1. The van der Waals surface area contributed by atoms with Crippen LogP contribution in [0.4, 0.5) is 10.1 Å². The zero-order valence-corrected chi connectivity index (χ0v) is 7.19. The molecule has 1 rings (SSSR count). The number of halogens is 1. The molecule has 0 saturated carbocycles. The number of ether oxygens (including phenoxy) is 1. The quantitative estimate of drug-likeness (QED) is 0.420. The van der Waals surface area contributed by atoms with E-state index in [-0.39, 0.29) is 12.0 Å². The van der Waals surface area contributed by atoms with Gasteiger partial charge in [0.25, 0.3) is 0 Å². The Morgan fingerprint density at radius 3 is 2.64 bits per heavy atom. The first-order valence-corrected chi connectivity index (χ1v) is 3.58. The number of hydrogen-bond acceptors (Lipinski definition) is 4. The first-order valence-electron chi connectivity index (χ1n) is 3.58. The van der Waals surface area contributed by atoms with Crippen LogP contribution < -0.4 is 4.74 Å². The second-order valence-electron chi connectivity index (χ2n) is 2.39. The van der Waals surface area contributed by atoms with Gasteiger partial charge in [0.15, 0.2) is 12.0 Å². The molecule has 0 atom stereocenters. The Labute approximate surface area is 78.3 Å². The Bertz CT molecular complexity index is 391. The van der Waals surface area contributed by atoms with E-state index < -0.39 is 22.0 Å². The fraction of sp³-hybridized carbons (Fsp3) is 0.125. The largest absolute Gasteiger partial charge is 0.490 e. The lowest BCUT2D eigenvalue weighted by Crippen LogP contribution is -2.00. The molecule has 0 radical (unpaired) electrons. The van der Waals surface area contributed by atoms with Gasteiger partial charge in [-0.3, -0.25) is 14.9 Å². The third-order valence-corrected chi connectivity index (χ3v) is 1.65. The molecule has 0 aliphatic carbocycles. The number of nitro groups is 1. The van der Waals surface area contributed by atoms with Crippen molar-refractivity contribution in [3.8, 4) is 5.75 Å². The highest BCUT2D eigenvalue weighted by Gasteiger charge is 2.23. The topological polar surface area (TPSA) is 69.4 Å². The van der Waals surface area contributed by atoms with Crippen molar-refractivity contribution in [3.05, 3.63) is 33.6 Å². The monoisotopic (exact) mass is 199 g/mol. The van der Waals surface area contributed by atoms with Gasteiger partial charge in [-0.2, -0.15) is 0 Å². The second kappa shape index (κ2) is 3.82. The summed E-state index contributed by atoms with van der Waals surface area (Å²) >= 11 is 0. The highest BCUT2D eigenvalue weighted by atomic mass is 19.1. The van der Waals surface area contributed by atoms with E-state index in [1.807, 2.05) is 0 Å². The number of carbonyl (C=O) groups excluding carboxylic acids is 1. The predicted octanol–water partition coefficient (Wildman–Crippen LogP) is 1.55. The van der Waals surface area contributed by atoms with Gasteiger partial charge < -0.3 is 4.74 Å². The van der Waals surface area contributed by atoms with Crippen LogP contribution in [0.3, 0.4) is 0 Å². The molecule has 74 valence electrons. The van der Waals surface area contributed by atoms with Crippen molar-refractivity contribution in [3.63, 3.8) is 0 Å². The summed E-state index contributed by atoms with van der Waals surface area (Å²) in [4.78, 5) is 20.1. The van der Waals surface area contributed by atoms with Crippen LogP contribution in [0.1, 0.15) is 10.4 Å². The average Bonchev–Trinajstić information content (AvgIpc) is 2.17. The van der Waals surface area contributed by atoms with Gasteiger partial charge in [0, 0.05) is 0 Å². The summed E-state index contributed by atoms with van der Waals surface area (Å²) in [6.45, 7) is 0. The van der Waals surface area contributed by atoms with Crippen molar-refractivity contribution >= 4 is 12.0 Å². The maximum Gasteiger partial charge on any atom is 0.324 e. The molecule has 0 aromatic heterocycles. The highest BCUT2D eigenvalue weighted by Crippen LogP contribution is 2.31. The molecule has 0 amide bonds. The van der Waals surface area contributed by atoms with Crippen molar-refractivity contribution in [1.82, 2.24) is 0 Å². The molecule has 5 nitrogen and oxygen atoms in total. The van der Waals surface area contributed by atoms with Crippen LogP contribution >= 0.6 is 0 Å². The summed E-state index contributed by atoms with van der Waals surface area (Å²) in [5, 5.41) is 10.5. The van der Waals surface area contributed by atoms with Gasteiger partial charge in [0.1, 0.15) is 11.4 Å². The standard InChI is InChI=1S/C8H6FNO4/c1-14-7-3-2-6(9)5(4-11)8(7)10(12)13/h2-4H,1H3. The third kappa shape index (κ3) is 1.54. The molecule has 0 fully saturated rings. The molecule has 0 aliphatic rings. The lowest BCUT2D eigenvalue weighted by atomic mass is 10.1. The summed E-state index contributed by atoms with van der Waals surface area (Å²) in [7, 11) is 1.20. The van der Waals surface area contributed by atoms with Crippen LogP contribution in [0.5, 0.6) is 5.75 Å². The van der Waals surface area contributed by atoms with Gasteiger partial charge in [0.05, 0.1) is 12.0 Å². The minimum absolute atomic E-state index is 0.0932. The molecular weight excluding hydrogens is 193 g/mol. The fourth-order valence-electron chi connectivity index (χ4n) is 1.03. The summed E-state index contributed by atoms with van der Waals surface area (Å²) in [6.07, 6.45) is 0.0932. The highest BCUT2D eigenvalue weighted by molar-refractivity contribution is 5.84. The number of carbonyl (C=O) groups is 1. The molecule has 0 aliphatic heterocycles. The molecular formula is C8H6FNO4. The molecule has 0 heterocycles. The predicted molar refractivity (Wildman–Crippen MR) is 45.0 cm³/mol. The Morgan fingerprint density at radius 1 is 1.57 bits per heavy atom. The van der Waals surface area contributed by atoms with E-state index in [9.17, 15) is 19.3 Å². The normalized spacial score (nSPS) is 9.57. The molecule has 1 aromatic rings. The lowest BCUT2D eigenvalue weighted by molar-refractivity contribution is -0.386. The maximum atomic E-state index is 12.9. The summed E-state index contributed by atoms with van der Waals surface area (Å²) in [5.41, 5.74) is -1.25. The number of aldehydes is 1. The third-order valence-electron chi connectivity index (χ3n) is 1.65. The van der Waals surface area contributed by atoms with Crippen molar-refractivity contribution in [1.29, 1.82) is 0 Å². The number of hydrogen-bond donors (Lipinski definition) is 0. The number of rotatable bonds is 3. The smallest absolute Gasteiger partial charge is 0.324 e. The van der Waals surface area contributed by atoms with E-state index in [1.54, 1.807) is 0 Å². The van der Waals surface area contributed by atoms with Gasteiger partial charge in [-0.05, 0) is 12.1 Å². The van der Waals surface area contributed by atoms with Crippen LogP contribution in [0.2, 0.25) is 0 Å². The van der Waals surface area contributed by atoms with Gasteiger partial charge in [-0.25, -0.2) is 4.39 Å². The maximum absolute atomic E-state index is 12.9. The minimum atomic E-state index is -0.938. The number of benzene rings is 1. The Hall–Kier alpha value is -1.98. The first kappa shape index (κ1) is 10.1. The van der Waals surface area contributed by atoms with Crippen LogP contribution in [-0.4, -0.2) is 18.3 Å².